The summed E-state index contributed by atoms with van der Waals surface area (Å²) in [6.45, 7) is 2.36. The molecule has 0 saturated heterocycles. The van der Waals surface area contributed by atoms with E-state index in [0.717, 1.165) is 17.8 Å². The average molecular weight is 205 g/mol. The van der Waals surface area contributed by atoms with Crippen LogP contribution in [-0.2, 0) is 13.2 Å². The van der Waals surface area contributed by atoms with Gasteiger partial charge in [-0.05, 0) is 19.1 Å². The zero-order chi connectivity index (χ0) is 10.7. The van der Waals surface area contributed by atoms with E-state index in [1.165, 1.54) is 6.20 Å². The van der Waals surface area contributed by atoms with Crippen molar-refractivity contribution < 1.29 is 4.39 Å². The predicted molar refractivity (Wildman–Crippen MR) is 55.9 cm³/mol. The number of nitrogens with zero attached hydrogens (tertiary/aromatic N) is 3. The summed E-state index contributed by atoms with van der Waals surface area (Å²) in [5, 5.41) is 4.33. The van der Waals surface area contributed by atoms with Crippen molar-refractivity contribution in [1.82, 2.24) is 14.8 Å². The quantitative estimate of drug-likeness (QED) is 0.770. The van der Waals surface area contributed by atoms with E-state index in [1.807, 2.05) is 23.9 Å². The van der Waals surface area contributed by atoms with Crippen molar-refractivity contribution in [2.45, 2.75) is 20.1 Å². The third kappa shape index (κ3) is 2.03. The molecular weight excluding hydrogens is 193 g/mol. The van der Waals surface area contributed by atoms with E-state index in [-0.39, 0.29) is 0 Å². The number of alkyl halides is 1. The Bertz CT molecular complexity index is 451. The van der Waals surface area contributed by atoms with Crippen molar-refractivity contribution in [3.63, 3.8) is 0 Å². The maximum atomic E-state index is 12.4. The van der Waals surface area contributed by atoms with Gasteiger partial charge in [0.2, 0.25) is 0 Å². The fourth-order valence-electron chi connectivity index (χ4n) is 1.39. The molecule has 2 aromatic rings. The Morgan fingerprint density at radius 1 is 1.40 bits per heavy atom. The first-order valence-corrected chi connectivity index (χ1v) is 4.87. The van der Waals surface area contributed by atoms with Gasteiger partial charge in [-0.2, -0.15) is 5.10 Å². The van der Waals surface area contributed by atoms with Crippen LogP contribution in [0, 0.1) is 0 Å². The number of pyridine rings is 1. The lowest BCUT2D eigenvalue weighted by atomic mass is 10.2. The van der Waals surface area contributed by atoms with E-state index < -0.39 is 6.67 Å². The molecule has 0 fully saturated rings. The Morgan fingerprint density at radius 2 is 2.27 bits per heavy atom. The molecular formula is C11H12FN3. The second-order valence-corrected chi connectivity index (χ2v) is 3.27. The van der Waals surface area contributed by atoms with E-state index >= 15 is 0 Å². The highest BCUT2D eigenvalue weighted by molar-refractivity contribution is 5.57. The summed E-state index contributed by atoms with van der Waals surface area (Å²) in [6, 6.07) is 3.68. The Kier molecular flexibility index (Phi) is 2.76. The van der Waals surface area contributed by atoms with Crippen LogP contribution in [0.5, 0.6) is 0 Å². The first-order valence-electron chi connectivity index (χ1n) is 4.87. The van der Waals surface area contributed by atoms with Gasteiger partial charge in [-0.15, -0.1) is 0 Å². The van der Waals surface area contributed by atoms with Gasteiger partial charge < -0.3 is 0 Å². The largest absolute Gasteiger partial charge is 0.272 e. The topological polar surface area (TPSA) is 30.7 Å². The van der Waals surface area contributed by atoms with E-state index in [2.05, 4.69) is 10.1 Å². The van der Waals surface area contributed by atoms with E-state index in [1.54, 1.807) is 12.3 Å². The molecule has 2 heterocycles. The normalized spacial score (nSPS) is 10.5. The molecule has 0 aliphatic rings. The number of aromatic nitrogens is 3. The van der Waals surface area contributed by atoms with Gasteiger partial charge in [-0.25, -0.2) is 4.39 Å². The molecule has 0 amide bonds. The number of hydrogen-bond donors (Lipinski definition) is 0. The number of halogens is 1. The first-order chi connectivity index (χ1) is 7.33. The Balaban J connectivity index is 2.35. The molecule has 15 heavy (non-hydrogen) atoms. The van der Waals surface area contributed by atoms with Gasteiger partial charge in [-0.1, -0.05) is 0 Å². The van der Waals surface area contributed by atoms with Crippen LogP contribution >= 0.6 is 0 Å². The molecule has 0 aliphatic carbocycles. The summed E-state index contributed by atoms with van der Waals surface area (Å²) in [7, 11) is 0. The molecule has 0 radical (unpaired) electrons. The van der Waals surface area contributed by atoms with Crippen molar-refractivity contribution in [1.29, 1.82) is 0 Å². The summed E-state index contributed by atoms with van der Waals surface area (Å²) in [6.07, 6.45) is 5.12. The zero-order valence-corrected chi connectivity index (χ0v) is 8.52. The Labute approximate surface area is 87.6 Å². The molecule has 0 N–H and O–H groups in total. The third-order valence-corrected chi connectivity index (χ3v) is 2.21. The van der Waals surface area contributed by atoms with Crippen molar-refractivity contribution in [2.75, 3.05) is 0 Å². The average Bonchev–Trinajstić information content (AvgIpc) is 2.78. The van der Waals surface area contributed by atoms with Gasteiger partial charge >= 0.3 is 0 Å². The van der Waals surface area contributed by atoms with E-state index in [9.17, 15) is 4.39 Å². The summed E-state index contributed by atoms with van der Waals surface area (Å²) in [4.78, 5) is 3.98. The number of aryl methyl sites for hydroxylation is 1. The molecule has 0 atom stereocenters. The minimum atomic E-state index is -0.491. The van der Waals surface area contributed by atoms with Crippen molar-refractivity contribution >= 4 is 0 Å². The van der Waals surface area contributed by atoms with Crippen LogP contribution in [0.3, 0.4) is 0 Å². The van der Waals surface area contributed by atoms with Crippen LogP contribution < -0.4 is 0 Å². The van der Waals surface area contributed by atoms with Gasteiger partial charge in [0.05, 0.1) is 5.69 Å². The molecule has 0 unspecified atom stereocenters. The van der Waals surface area contributed by atoms with Gasteiger partial charge in [0.1, 0.15) is 6.67 Å². The lowest BCUT2D eigenvalue weighted by Crippen LogP contribution is -1.94. The van der Waals surface area contributed by atoms with Crippen molar-refractivity contribution in [3.05, 3.63) is 36.3 Å². The lowest BCUT2D eigenvalue weighted by molar-refractivity contribution is 0.484. The maximum absolute atomic E-state index is 12.4. The van der Waals surface area contributed by atoms with Gasteiger partial charge in [0.25, 0.3) is 0 Å². The maximum Gasteiger partial charge on any atom is 0.116 e. The molecule has 0 spiro atoms. The van der Waals surface area contributed by atoms with Crippen LogP contribution in [0.25, 0.3) is 11.3 Å². The highest BCUT2D eigenvalue weighted by Crippen LogP contribution is 2.17. The minimum Gasteiger partial charge on any atom is -0.272 e. The molecule has 78 valence electrons. The van der Waals surface area contributed by atoms with Crippen molar-refractivity contribution in [2.24, 2.45) is 0 Å². The van der Waals surface area contributed by atoms with Crippen LogP contribution in [0.2, 0.25) is 0 Å². The van der Waals surface area contributed by atoms with Gasteiger partial charge in [0, 0.05) is 36.3 Å². The van der Waals surface area contributed by atoms with Crippen LogP contribution in [0.15, 0.2) is 30.7 Å². The highest BCUT2D eigenvalue weighted by atomic mass is 19.1. The Hall–Kier alpha value is -1.71. The standard InChI is InChI=1S/C11H12FN3/c1-2-15-4-3-11(14-15)10-5-9(6-12)7-13-8-10/h3-5,7-8H,2,6H2,1H3. The molecule has 2 rings (SSSR count). The summed E-state index contributed by atoms with van der Waals surface area (Å²) in [5.41, 5.74) is 2.27. The summed E-state index contributed by atoms with van der Waals surface area (Å²) in [5.74, 6) is 0. The summed E-state index contributed by atoms with van der Waals surface area (Å²) >= 11 is 0. The van der Waals surface area contributed by atoms with Gasteiger partial charge in [0.15, 0.2) is 0 Å². The van der Waals surface area contributed by atoms with Gasteiger partial charge in [-0.3, -0.25) is 9.67 Å². The molecule has 0 saturated carbocycles. The molecule has 0 bridgehead atoms. The van der Waals surface area contributed by atoms with Crippen LogP contribution in [0.4, 0.5) is 4.39 Å². The monoisotopic (exact) mass is 205 g/mol. The number of hydrogen-bond acceptors (Lipinski definition) is 2. The molecule has 2 aromatic heterocycles. The van der Waals surface area contributed by atoms with Crippen LogP contribution in [-0.4, -0.2) is 14.8 Å². The predicted octanol–water partition coefficient (Wildman–Crippen LogP) is 2.43. The zero-order valence-electron chi connectivity index (χ0n) is 8.52. The first kappa shape index (κ1) is 9.83. The molecule has 0 aromatic carbocycles. The second kappa shape index (κ2) is 4.21. The second-order valence-electron chi connectivity index (χ2n) is 3.27. The highest BCUT2D eigenvalue weighted by Gasteiger charge is 2.03. The third-order valence-electron chi connectivity index (χ3n) is 2.21. The Morgan fingerprint density at radius 3 is 2.93 bits per heavy atom. The number of rotatable bonds is 3. The fraction of sp³-hybridized carbons (Fsp3) is 0.273. The SMILES string of the molecule is CCn1ccc(-c2cncc(CF)c2)n1. The molecule has 0 aliphatic heterocycles. The lowest BCUT2D eigenvalue weighted by Gasteiger charge is -1.98. The van der Waals surface area contributed by atoms with E-state index in [4.69, 9.17) is 0 Å². The van der Waals surface area contributed by atoms with E-state index in [0.29, 0.717) is 5.56 Å². The molecule has 4 heteroatoms. The fourth-order valence-corrected chi connectivity index (χ4v) is 1.39. The van der Waals surface area contributed by atoms with Crippen molar-refractivity contribution in [3.8, 4) is 11.3 Å². The van der Waals surface area contributed by atoms with Crippen LogP contribution in [0.1, 0.15) is 12.5 Å². The minimum absolute atomic E-state index is 0.491. The smallest absolute Gasteiger partial charge is 0.116 e. The summed E-state index contributed by atoms with van der Waals surface area (Å²) < 4.78 is 14.3. The molecule has 3 nitrogen and oxygen atoms in total.